The van der Waals surface area contributed by atoms with Crippen LogP contribution < -0.4 is 0 Å². The molecule has 0 bridgehead atoms. The second-order valence-corrected chi connectivity index (χ2v) is 7.43. The summed E-state index contributed by atoms with van der Waals surface area (Å²) in [5.74, 6) is 0. The molecule has 1 heterocycles. The number of rotatable bonds is 0. The van der Waals surface area contributed by atoms with Gasteiger partial charge in [-0.2, -0.15) is 0 Å². The molecule has 0 aromatic rings. The van der Waals surface area contributed by atoms with E-state index in [1.807, 2.05) is 0 Å². The molecule has 1 aliphatic rings. The van der Waals surface area contributed by atoms with E-state index in [2.05, 4.69) is 0.219 Å². The summed E-state index contributed by atoms with van der Waals surface area (Å²) in [7, 11) is -3.38. The Kier molecular flexibility index (Phi) is 1.52. The quantitative estimate of drug-likeness (QED) is 0.585. The molecule has 0 aliphatic carbocycles. The summed E-state index contributed by atoms with van der Waals surface area (Å²) in [6.45, 7) is 0. The Morgan fingerprint density at radius 2 is 1.67 bits per heavy atom. The monoisotopic (exact) mass is 323 g/mol. The van der Waals surface area contributed by atoms with Gasteiger partial charge in [0.05, 0.1) is 0 Å². The van der Waals surface area contributed by atoms with Crippen molar-refractivity contribution in [2.24, 2.45) is 0 Å². The van der Waals surface area contributed by atoms with E-state index >= 15 is 0 Å². The van der Waals surface area contributed by atoms with E-state index in [0.717, 1.165) is 0 Å². The molecule has 6 heteroatoms. The maximum atomic E-state index is 9.70. The zero-order chi connectivity index (χ0) is 4.62. The molecule has 4 nitrogen and oxygen atoms in total. The zero-order valence-electron chi connectivity index (χ0n) is 2.62. The molecule has 0 unspecified atom stereocenters. The van der Waals surface area contributed by atoms with Gasteiger partial charge in [-0.3, -0.25) is 0 Å². The normalized spacial score (nSPS) is 26.0. The molecule has 0 atom stereocenters. The first-order valence-corrected chi connectivity index (χ1v) is 6.35. The molecule has 0 radical (unpaired) electrons. The van der Waals surface area contributed by atoms with Crippen LogP contribution in [-0.4, -0.2) is 8.42 Å². The van der Waals surface area contributed by atoms with Crippen LogP contribution in [-0.2, 0) is 10.6 Å². The van der Waals surface area contributed by atoms with Crippen LogP contribution in [0.3, 0.4) is 0 Å². The molecule has 0 aromatic heterocycles. The molecule has 1 saturated heterocycles. The Balaban J connectivity index is 2.78. The number of hydrogen-bond acceptors (Lipinski definition) is 4. The van der Waals surface area contributed by atoms with Gasteiger partial charge in [-0.25, -0.2) is 0 Å². The van der Waals surface area contributed by atoms with Crippen LogP contribution in [0.25, 0.3) is 0 Å². The molecule has 0 aromatic carbocycles. The summed E-state index contributed by atoms with van der Waals surface area (Å²) in [5.41, 5.74) is 0. The molecule has 6 heavy (non-hydrogen) atoms. The maximum absolute atomic E-state index is 9.70. The molecule has 0 spiro atoms. The molecule has 0 N–H and O–H groups in total. The fourth-order valence-corrected chi connectivity index (χ4v) is 2.86. The van der Waals surface area contributed by atoms with Crippen molar-refractivity contribution in [3.63, 3.8) is 0 Å². The van der Waals surface area contributed by atoms with Crippen LogP contribution in [0.4, 0.5) is 0 Å². The third-order valence-corrected chi connectivity index (χ3v) is 8.69. The van der Waals surface area contributed by atoms with Crippen molar-refractivity contribution in [2.45, 2.75) is 0 Å². The van der Waals surface area contributed by atoms with Crippen molar-refractivity contribution in [3.05, 3.63) is 0 Å². The average Bonchev–Trinajstić information content (AvgIpc) is 1.32. The zero-order valence-corrected chi connectivity index (χ0v) is 8.18. The van der Waals surface area contributed by atoms with Gasteiger partial charge in [0.2, 0.25) is 0 Å². The Bertz CT molecular complexity index is 122. The molecule has 0 amide bonds. The predicted molar refractivity (Wildman–Crippen MR) is 11.1 cm³/mol. The molecule has 0 saturated carbocycles. The van der Waals surface area contributed by atoms with E-state index in [0.29, 0.717) is 0 Å². The summed E-state index contributed by atoms with van der Waals surface area (Å²) < 4.78 is 27.6. The van der Waals surface area contributed by atoms with Gasteiger partial charge in [-0.15, -0.1) is 0 Å². The summed E-state index contributed by atoms with van der Waals surface area (Å²) in [6.07, 6.45) is 0. The Morgan fingerprint density at radius 3 is 1.67 bits per heavy atom. The first kappa shape index (κ1) is 5.45. The first-order chi connectivity index (χ1) is 2.71. The van der Waals surface area contributed by atoms with Crippen molar-refractivity contribution in [1.82, 2.24) is 0 Å². The van der Waals surface area contributed by atoms with Gasteiger partial charge in [0.1, 0.15) is 0 Å². The van der Waals surface area contributed by atoms with Gasteiger partial charge in [-0.05, 0) is 0 Å². The molecular weight excluding hydrogens is 323 g/mol. The van der Waals surface area contributed by atoms with Crippen molar-refractivity contribution in [3.8, 4) is 0 Å². The fraction of sp³-hybridized carbons (Fsp3) is 0. The third kappa shape index (κ3) is 1.14. The van der Waals surface area contributed by atoms with E-state index < -0.39 is 51.3 Å². The van der Waals surface area contributed by atoms with E-state index in [1.165, 1.54) is 0 Å². The second kappa shape index (κ2) is 1.67. The van der Waals surface area contributed by atoms with Crippen molar-refractivity contribution in [1.29, 1.82) is 0 Å². The topological polar surface area (TPSA) is 52.6 Å². The summed E-state index contributed by atoms with van der Waals surface area (Å²) in [4.78, 5) is 0. The van der Waals surface area contributed by atoms with E-state index in [4.69, 9.17) is 0 Å². The minimum absolute atomic E-state index is 1.65. The average molecular weight is 323 g/mol. The van der Waals surface area contributed by atoms with Crippen LogP contribution in [0.1, 0.15) is 0 Å². The minimum atomic E-state index is -3.38. The van der Waals surface area contributed by atoms with E-state index in [-0.39, 0.29) is 0 Å². The summed E-state index contributed by atoms with van der Waals surface area (Å²) >= 11 is -1.65. The Labute approximate surface area is 59.1 Å². The van der Waals surface area contributed by atoms with Crippen molar-refractivity contribution >= 4 is 10.4 Å². The van der Waals surface area contributed by atoms with Gasteiger partial charge in [0, 0.05) is 0 Å². The molecular formula is AcO4S. The van der Waals surface area contributed by atoms with E-state index in [9.17, 15) is 8.42 Å². The van der Waals surface area contributed by atoms with Crippen LogP contribution >= 0.6 is 0 Å². The van der Waals surface area contributed by atoms with Crippen LogP contribution in [0, 0.1) is 40.9 Å². The Hall–Kier alpha value is 1.31. The first-order valence-electron chi connectivity index (χ1n) is 1.14. The number of hydrogen-bond donors (Lipinski definition) is 0. The summed E-state index contributed by atoms with van der Waals surface area (Å²) in [6, 6.07) is 0. The van der Waals surface area contributed by atoms with Crippen molar-refractivity contribution in [2.75, 3.05) is 0 Å². The second-order valence-electron chi connectivity index (χ2n) is 0.697. The molecule has 33 valence electrons. The Morgan fingerprint density at radius 1 is 1.33 bits per heavy atom. The van der Waals surface area contributed by atoms with Gasteiger partial charge in [0.15, 0.2) is 0 Å². The van der Waals surface area contributed by atoms with Gasteiger partial charge < -0.3 is 0 Å². The van der Waals surface area contributed by atoms with Crippen LogP contribution in [0.15, 0.2) is 0 Å². The van der Waals surface area contributed by atoms with Gasteiger partial charge >= 0.3 is 60.0 Å². The van der Waals surface area contributed by atoms with Crippen molar-refractivity contribution < 1.29 is 49.6 Å². The van der Waals surface area contributed by atoms with Gasteiger partial charge in [0.25, 0.3) is 0 Å². The molecule has 1 aliphatic heterocycles. The summed E-state index contributed by atoms with van der Waals surface area (Å²) in [5, 5.41) is 0. The van der Waals surface area contributed by atoms with Crippen LogP contribution in [0.2, 0.25) is 0 Å². The SMILES string of the molecule is O=S1(=O)[O][Ac][O]1. The third-order valence-electron chi connectivity index (χ3n) is 0.314. The standard InChI is InChI=1S/Ac.H2O4S/c;1-5(2,3)4/h;(H2,1,2,3,4)/q+2;/p-2. The van der Waals surface area contributed by atoms with Crippen LogP contribution in [0.5, 0.6) is 0 Å². The molecule has 1 fully saturated rings. The van der Waals surface area contributed by atoms with Gasteiger partial charge in [-0.1, -0.05) is 0 Å². The molecule has 1 rings (SSSR count). The predicted octanol–water partition coefficient (Wildman–Crippen LogP) is -0.807. The van der Waals surface area contributed by atoms with E-state index in [1.54, 1.807) is 0 Å². The fourth-order valence-electron chi connectivity index (χ4n) is 0.103.